The fraction of sp³-hybridized carbons (Fsp3) is 0.333. The van der Waals surface area contributed by atoms with Crippen LogP contribution < -0.4 is 11.5 Å². The second-order valence-electron chi connectivity index (χ2n) is 5.69. The average Bonchev–Trinajstić information content (AvgIpc) is 2.64. The molecule has 2 aromatic rings. The van der Waals surface area contributed by atoms with Crippen LogP contribution in [0.3, 0.4) is 0 Å². The first-order valence-corrected chi connectivity index (χ1v) is 6.70. The van der Waals surface area contributed by atoms with Gasteiger partial charge < -0.3 is 11.5 Å². The van der Waals surface area contributed by atoms with Crippen LogP contribution in [0.15, 0.2) is 30.3 Å². The minimum absolute atomic E-state index is 0.198. The lowest BCUT2D eigenvalue weighted by molar-refractivity contribution is 0.125. The first-order chi connectivity index (χ1) is 9.48. The molecule has 0 amide bonds. The van der Waals surface area contributed by atoms with Gasteiger partial charge in [-0.3, -0.25) is 4.90 Å². The van der Waals surface area contributed by atoms with Crippen LogP contribution in [-0.4, -0.2) is 14.9 Å². The Morgan fingerprint density at radius 3 is 2.55 bits per heavy atom. The average molecular weight is 269 g/mol. The van der Waals surface area contributed by atoms with Crippen molar-refractivity contribution in [2.45, 2.75) is 32.5 Å². The molecule has 2 heterocycles. The number of nitrogens with two attached hydrogens (primary N) is 2. The number of benzene rings is 1. The first-order valence-electron chi connectivity index (χ1n) is 6.70. The third kappa shape index (κ3) is 2.00. The zero-order valence-electron chi connectivity index (χ0n) is 11.8. The molecule has 1 aromatic heterocycles. The summed E-state index contributed by atoms with van der Waals surface area (Å²) in [5.74, 6) is 0.743. The second kappa shape index (κ2) is 4.45. The van der Waals surface area contributed by atoms with Gasteiger partial charge in [0.1, 0.15) is 5.82 Å². The smallest absolute Gasteiger partial charge is 0.222 e. The highest BCUT2D eigenvalue weighted by Crippen LogP contribution is 2.40. The second-order valence-corrected chi connectivity index (χ2v) is 5.69. The van der Waals surface area contributed by atoms with Crippen LogP contribution in [0.5, 0.6) is 0 Å². The molecule has 0 aliphatic carbocycles. The van der Waals surface area contributed by atoms with Crippen LogP contribution in [0.4, 0.5) is 11.8 Å². The van der Waals surface area contributed by atoms with Crippen molar-refractivity contribution in [1.82, 2.24) is 14.9 Å². The molecule has 5 nitrogen and oxygen atoms in total. The zero-order valence-corrected chi connectivity index (χ0v) is 11.8. The van der Waals surface area contributed by atoms with Crippen molar-refractivity contribution in [2.24, 2.45) is 0 Å². The van der Waals surface area contributed by atoms with Gasteiger partial charge in [0, 0.05) is 18.7 Å². The SMILES string of the molecule is CC1(C)c2nc(N)nc(N)c2CN1Cc1ccccc1. The Hall–Kier alpha value is -2.14. The van der Waals surface area contributed by atoms with Crippen molar-refractivity contribution in [3.8, 4) is 0 Å². The largest absolute Gasteiger partial charge is 0.383 e. The summed E-state index contributed by atoms with van der Waals surface area (Å²) in [6.07, 6.45) is 0. The van der Waals surface area contributed by atoms with Crippen LogP contribution in [0, 0.1) is 0 Å². The van der Waals surface area contributed by atoms with Crippen LogP contribution in [0.2, 0.25) is 0 Å². The monoisotopic (exact) mass is 269 g/mol. The third-order valence-electron chi connectivity index (χ3n) is 3.99. The van der Waals surface area contributed by atoms with E-state index in [0.717, 1.165) is 24.3 Å². The summed E-state index contributed by atoms with van der Waals surface area (Å²) in [7, 11) is 0. The summed E-state index contributed by atoms with van der Waals surface area (Å²) in [4.78, 5) is 10.8. The first kappa shape index (κ1) is 12.9. The van der Waals surface area contributed by atoms with Gasteiger partial charge in [0.15, 0.2) is 0 Å². The van der Waals surface area contributed by atoms with E-state index >= 15 is 0 Å². The number of fused-ring (bicyclic) bond motifs is 1. The highest BCUT2D eigenvalue weighted by Gasteiger charge is 2.40. The molecule has 0 radical (unpaired) electrons. The number of nitrogen functional groups attached to an aromatic ring is 2. The van der Waals surface area contributed by atoms with Crippen LogP contribution in [0.25, 0.3) is 0 Å². The van der Waals surface area contributed by atoms with Crippen LogP contribution >= 0.6 is 0 Å². The van der Waals surface area contributed by atoms with Crippen molar-refractivity contribution >= 4 is 11.8 Å². The van der Waals surface area contributed by atoms with Gasteiger partial charge in [0.2, 0.25) is 5.95 Å². The summed E-state index contributed by atoms with van der Waals surface area (Å²) >= 11 is 0. The molecule has 0 unspecified atom stereocenters. The normalized spacial score (nSPS) is 17.1. The lowest BCUT2D eigenvalue weighted by atomic mass is 9.99. The minimum Gasteiger partial charge on any atom is -0.383 e. The van der Waals surface area contributed by atoms with E-state index in [-0.39, 0.29) is 11.5 Å². The van der Waals surface area contributed by atoms with Crippen molar-refractivity contribution in [1.29, 1.82) is 0 Å². The Bertz CT molecular complexity index is 636. The summed E-state index contributed by atoms with van der Waals surface area (Å²) in [6.45, 7) is 5.90. The Kier molecular flexibility index (Phi) is 2.87. The van der Waals surface area contributed by atoms with E-state index in [0.29, 0.717) is 5.82 Å². The molecule has 20 heavy (non-hydrogen) atoms. The Morgan fingerprint density at radius 1 is 1.15 bits per heavy atom. The van der Waals surface area contributed by atoms with Gasteiger partial charge >= 0.3 is 0 Å². The van der Waals surface area contributed by atoms with Crippen molar-refractivity contribution < 1.29 is 0 Å². The van der Waals surface area contributed by atoms with E-state index in [9.17, 15) is 0 Å². The molecule has 0 bridgehead atoms. The van der Waals surface area contributed by atoms with E-state index in [1.165, 1.54) is 5.56 Å². The number of aromatic nitrogens is 2. The predicted molar refractivity (Wildman–Crippen MR) is 79.6 cm³/mol. The highest BCUT2D eigenvalue weighted by molar-refractivity contribution is 5.50. The van der Waals surface area contributed by atoms with Gasteiger partial charge in [-0.05, 0) is 19.4 Å². The summed E-state index contributed by atoms with van der Waals surface area (Å²) < 4.78 is 0. The van der Waals surface area contributed by atoms with Crippen molar-refractivity contribution in [3.63, 3.8) is 0 Å². The predicted octanol–water partition coefficient (Wildman–Crippen LogP) is 1.89. The molecule has 3 rings (SSSR count). The third-order valence-corrected chi connectivity index (χ3v) is 3.99. The zero-order chi connectivity index (χ0) is 14.3. The van der Waals surface area contributed by atoms with E-state index in [2.05, 4.69) is 53.0 Å². The Morgan fingerprint density at radius 2 is 1.85 bits per heavy atom. The van der Waals surface area contributed by atoms with E-state index in [1.54, 1.807) is 0 Å². The Balaban J connectivity index is 1.96. The molecule has 104 valence electrons. The van der Waals surface area contributed by atoms with Gasteiger partial charge in [0.05, 0.1) is 11.2 Å². The quantitative estimate of drug-likeness (QED) is 0.870. The molecule has 4 N–H and O–H groups in total. The summed E-state index contributed by atoms with van der Waals surface area (Å²) in [5, 5.41) is 0. The molecule has 0 spiro atoms. The number of hydrogen-bond acceptors (Lipinski definition) is 5. The fourth-order valence-corrected chi connectivity index (χ4v) is 2.78. The number of nitrogens with zero attached hydrogens (tertiary/aromatic N) is 3. The van der Waals surface area contributed by atoms with E-state index in [1.807, 2.05) is 6.07 Å². The van der Waals surface area contributed by atoms with Crippen molar-refractivity contribution in [2.75, 3.05) is 11.5 Å². The van der Waals surface area contributed by atoms with Gasteiger partial charge in [0.25, 0.3) is 0 Å². The maximum Gasteiger partial charge on any atom is 0.222 e. The summed E-state index contributed by atoms with van der Waals surface area (Å²) in [6, 6.07) is 10.4. The van der Waals surface area contributed by atoms with Crippen molar-refractivity contribution in [3.05, 3.63) is 47.2 Å². The molecule has 0 saturated carbocycles. The molecule has 1 aromatic carbocycles. The number of anilines is 2. The maximum absolute atomic E-state index is 5.99. The number of hydrogen-bond donors (Lipinski definition) is 2. The molecule has 0 atom stereocenters. The molecule has 1 aliphatic rings. The van der Waals surface area contributed by atoms with Gasteiger partial charge in [-0.1, -0.05) is 30.3 Å². The lowest BCUT2D eigenvalue weighted by Gasteiger charge is -2.31. The minimum atomic E-state index is -0.198. The van der Waals surface area contributed by atoms with Gasteiger partial charge in [-0.2, -0.15) is 4.98 Å². The number of rotatable bonds is 2. The molecule has 1 aliphatic heterocycles. The van der Waals surface area contributed by atoms with Crippen LogP contribution in [-0.2, 0) is 18.6 Å². The van der Waals surface area contributed by atoms with E-state index in [4.69, 9.17) is 11.5 Å². The fourth-order valence-electron chi connectivity index (χ4n) is 2.78. The van der Waals surface area contributed by atoms with Gasteiger partial charge in [-0.15, -0.1) is 0 Å². The summed E-state index contributed by atoms with van der Waals surface area (Å²) in [5.41, 5.74) is 14.7. The topological polar surface area (TPSA) is 81.1 Å². The lowest BCUT2D eigenvalue weighted by Crippen LogP contribution is -2.35. The standard InChI is InChI=1S/C15H19N5/c1-15(2)12-11(13(16)19-14(17)18-12)9-20(15)8-10-6-4-3-5-7-10/h3-7H,8-9H2,1-2H3,(H4,16,17,18,19). The molecular weight excluding hydrogens is 250 g/mol. The van der Waals surface area contributed by atoms with Gasteiger partial charge in [-0.25, -0.2) is 4.98 Å². The van der Waals surface area contributed by atoms with Crippen LogP contribution in [0.1, 0.15) is 30.7 Å². The maximum atomic E-state index is 5.99. The molecular formula is C15H19N5. The highest BCUT2D eigenvalue weighted by atomic mass is 15.2. The van der Waals surface area contributed by atoms with E-state index < -0.39 is 0 Å². The molecule has 5 heteroatoms. The molecule has 0 saturated heterocycles. The molecule has 0 fully saturated rings. The Labute approximate surface area is 118 Å².